The van der Waals surface area contributed by atoms with Gasteiger partial charge >= 0.3 is 0 Å². The maximum Gasteiger partial charge on any atom is 0.241 e. The highest BCUT2D eigenvalue weighted by Crippen LogP contribution is 2.25. The molecule has 4 aromatic rings. The molecule has 1 aromatic heterocycles. The van der Waals surface area contributed by atoms with E-state index in [0.29, 0.717) is 11.6 Å². The van der Waals surface area contributed by atoms with Gasteiger partial charge in [-0.05, 0) is 48.9 Å². The number of hydrogen-bond donors (Lipinski definition) is 2. The second-order valence-electron chi connectivity index (χ2n) is 7.89. The molecule has 0 radical (unpaired) electrons. The van der Waals surface area contributed by atoms with Crippen molar-refractivity contribution >= 4 is 27.0 Å². The topological polar surface area (TPSA) is 102 Å². The first-order valence-corrected chi connectivity index (χ1v) is 12.2. The number of hydrogen-bond acceptors (Lipinski definition) is 5. The first-order valence-electron chi connectivity index (χ1n) is 10.7. The van der Waals surface area contributed by atoms with Crippen LogP contribution in [0.15, 0.2) is 83.8 Å². The van der Waals surface area contributed by atoms with Crippen LogP contribution < -0.4 is 14.8 Å². The van der Waals surface area contributed by atoms with Crippen LogP contribution in [0.4, 0.5) is 0 Å². The molecule has 176 valence electrons. The maximum absolute atomic E-state index is 13.1. The Morgan fingerprint density at radius 1 is 0.971 bits per heavy atom. The molecule has 1 heterocycles. The van der Waals surface area contributed by atoms with Gasteiger partial charge in [0.25, 0.3) is 0 Å². The predicted molar refractivity (Wildman–Crippen MR) is 130 cm³/mol. The monoisotopic (exact) mass is 478 g/mol. The number of carbonyl (C=O) groups excluding carboxylic acids is 1. The molecule has 0 bridgehead atoms. The summed E-state index contributed by atoms with van der Waals surface area (Å²) in [6.45, 7) is 1.51. The molecule has 0 aliphatic rings. The highest BCUT2D eigenvalue weighted by atomic mass is 32.2. The molecule has 0 saturated heterocycles. The van der Waals surface area contributed by atoms with Crippen molar-refractivity contribution < 1.29 is 17.9 Å². The average molecular weight is 479 g/mol. The Labute approximate surface area is 198 Å². The molecule has 0 fully saturated rings. The van der Waals surface area contributed by atoms with E-state index in [0.717, 1.165) is 16.6 Å². The van der Waals surface area contributed by atoms with Crippen LogP contribution in [0.5, 0.6) is 5.75 Å². The Morgan fingerprint density at radius 3 is 2.26 bits per heavy atom. The summed E-state index contributed by atoms with van der Waals surface area (Å²) in [5, 5.41) is 2.97. The van der Waals surface area contributed by atoms with Crippen molar-refractivity contribution in [2.24, 2.45) is 7.05 Å². The third kappa shape index (κ3) is 4.80. The van der Waals surface area contributed by atoms with Crippen molar-refractivity contribution in [3.63, 3.8) is 0 Å². The molecule has 2 atom stereocenters. The van der Waals surface area contributed by atoms with E-state index in [2.05, 4.69) is 10.0 Å². The fourth-order valence-electron chi connectivity index (χ4n) is 3.74. The number of aromatic nitrogens is 2. The normalized spacial score (nSPS) is 13.4. The summed E-state index contributed by atoms with van der Waals surface area (Å²) >= 11 is 0. The van der Waals surface area contributed by atoms with Crippen LogP contribution in [-0.4, -0.2) is 37.0 Å². The van der Waals surface area contributed by atoms with E-state index < -0.39 is 28.0 Å². The van der Waals surface area contributed by atoms with Crippen molar-refractivity contribution in [1.29, 1.82) is 0 Å². The summed E-state index contributed by atoms with van der Waals surface area (Å²) in [6.07, 6.45) is 0. The van der Waals surface area contributed by atoms with Gasteiger partial charge in [0, 0.05) is 7.05 Å². The van der Waals surface area contributed by atoms with Gasteiger partial charge in [0.05, 0.1) is 29.1 Å². The highest BCUT2D eigenvalue weighted by molar-refractivity contribution is 7.89. The zero-order valence-electron chi connectivity index (χ0n) is 19.1. The van der Waals surface area contributed by atoms with Crippen LogP contribution in [0.2, 0.25) is 0 Å². The number of carbonyl (C=O) groups is 1. The molecule has 0 saturated carbocycles. The molecular weight excluding hydrogens is 452 g/mol. The number of para-hydroxylation sites is 2. The number of ether oxygens (including phenoxy) is 1. The zero-order valence-corrected chi connectivity index (χ0v) is 19.9. The SMILES string of the molecule is COc1ccc(S(=O)(=O)N[C@@H](C)C(=O)NC(c2ccccc2)c2nc3ccccc3n2C)cc1. The Morgan fingerprint density at radius 2 is 1.62 bits per heavy atom. The van der Waals surface area contributed by atoms with Gasteiger partial charge in [-0.25, -0.2) is 13.4 Å². The Kier molecular flexibility index (Phi) is 6.67. The lowest BCUT2D eigenvalue weighted by Gasteiger charge is -2.22. The van der Waals surface area contributed by atoms with Crippen LogP contribution in [0.1, 0.15) is 24.4 Å². The number of aryl methyl sites for hydroxylation is 1. The number of rotatable bonds is 8. The Balaban J connectivity index is 1.59. The second kappa shape index (κ2) is 9.66. The average Bonchev–Trinajstić information content (AvgIpc) is 3.19. The van der Waals surface area contributed by atoms with E-state index >= 15 is 0 Å². The minimum absolute atomic E-state index is 0.0444. The Hall–Kier alpha value is -3.69. The fourth-order valence-corrected chi connectivity index (χ4v) is 4.94. The molecule has 34 heavy (non-hydrogen) atoms. The number of imidazole rings is 1. The number of sulfonamides is 1. The van der Waals surface area contributed by atoms with Crippen LogP contribution in [0.25, 0.3) is 11.0 Å². The van der Waals surface area contributed by atoms with Crippen molar-refractivity contribution in [3.8, 4) is 5.75 Å². The molecule has 0 spiro atoms. The van der Waals surface area contributed by atoms with Gasteiger partial charge < -0.3 is 14.6 Å². The molecule has 1 unspecified atom stereocenters. The van der Waals surface area contributed by atoms with Gasteiger partial charge in [-0.2, -0.15) is 4.72 Å². The van der Waals surface area contributed by atoms with E-state index in [4.69, 9.17) is 9.72 Å². The van der Waals surface area contributed by atoms with Gasteiger partial charge in [-0.3, -0.25) is 4.79 Å². The third-order valence-corrected chi connectivity index (χ3v) is 7.15. The molecule has 2 N–H and O–H groups in total. The van der Waals surface area contributed by atoms with Crippen molar-refractivity contribution in [2.75, 3.05) is 7.11 Å². The van der Waals surface area contributed by atoms with Crippen LogP contribution >= 0.6 is 0 Å². The van der Waals surface area contributed by atoms with Crippen molar-refractivity contribution in [1.82, 2.24) is 19.6 Å². The lowest BCUT2D eigenvalue weighted by molar-refractivity contribution is -0.122. The molecule has 0 aliphatic carbocycles. The predicted octanol–water partition coefficient (Wildman–Crippen LogP) is 3.15. The smallest absolute Gasteiger partial charge is 0.241 e. The Bertz CT molecular complexity index is 1400. The van der Waals surface area contributed by atoms with Crippen molar-refractivity contribution in [3.05, 3.63) is 90.3 Å². The van der Waals surface area contributed by atoms with E-state index in [-0.39, 0.29) is 4.90 Å². The van der Waals surface area contributed by atoms with E-state index in [1.54, 1.807) is 12.1 Å². The molecule has 1 amide bonds. The van der Waals surface area contributed by atoms with Gasteiger partial charge in [-0.15, -0.1) is 0 Å². The zero-order chi connectivity index (χ0) is 24.3. The molecular formula is C25H26N4O4S. The summed E-state index contributed by atoms with van der Waals surface area (Å²) in [5.74, 6) is 0.710. The highest BCUT2D eigenvalue weighted by Gasteiger charge is 2.27. The molecule has 3 aromatic carbocycles. The third-order valence-electron chi connectivity index (χ3n) is 5.59. The number of benzene rings is 3. The van der Waals surface area contributed by atoms with Crippen LogP contribution in [0, 0.1) is 0 Å². The fraction of sp³-hybridized carbons (Fsp3) is 0.200. The summed E-state index contributed by atoms with van der Waals surface area (Å²) in [6, 6.07) is 21.5. The number of nitrogens with zero attached hydrogens (tertiary/aromatic N) is 2. The van der Waals surface area contributed by atoms with Gasteiger partial charge in [-0.1, -0.05) is 42.5 Å². The lowest BCUT2D eigenvalue weighted by Crippen LogP contribution is -2.46. The van der Waals surface area contributed by atoms with E-state index in [1.807, 2.05) is 66.2 Å². The summed E-state index contributed by atoms with van der Waals surface area (Å²) in [4.78, 5) is 17.9. The molecule has 0 aliphatic heterocycles. The number of methoxy groups -OCH3 is 1. The maximum atomic E-state index is 13.1. The van der Waals surface area contributed by atoms with Gasteiger partial charge in [0.15, 0.2) is 0 Å². The van der Waals surface area contributed by atoms with Gasteiger partial charge in [0.1, 0.15) is 17.6 Å². The summed E-state index contributed by atoms with van der Waals surface area (Å²) in [5.41, 5.74) is 2.57. The first-order chi connectivity index (χ1) is 16.3. The largest absolute Gasteiger partial charge is 0.497 e. The molecule has 9 heteroatoms. The van der Waals surface area contributed by atoms with Crippen LogP contribution in [-0.2, 0) is 21.9 Å². The van der Waals surface area contributed by atoms with Gasteiger partial charge in [0.2, 0.25) is 15.9 Å². The number of fused-ring (bicyclic) bond motifs is 1. The first kappa shape index (κ1) is 23.5. The minimum Gasteiger partial charge on any atom is -0.497 e. The van der Waals surface area contributed by atoms with Crippen molar-refractivity contribution in [2.45, 2.75) is 23.9 Å². The summed E-state index contributed by atoms with van der Waals surface area (Å²) in [7, 11) is -0.517. The number of nitrogens with one attached hydrogen (secondary N) is 2. The minimum atomic E-state index is -3.91. The second-order valence-corrected chi connectivity index (χ2v) is 9.60. The molecule has 4 rings (SSSR count). The number of amides is 1. The molecule has 8 nitrogen and oxygen atoms in total. The quantitative estimate of drug-likeness (QED) is 0.405. The lowest BCUT2D eigenvalue weighted by atomic mass is 10.1. The standard InChI is InChI=1S/C25H26N4O4S/c1-17(28-34(31,32)20-15-13-19(33-3)14-16-20)25(30)27-23(18-9-5-4-6-10-18)24-26-21-11-7-8-12-22(21)29(24)2/h4-17,23,28H,1-3H3,(H,27,30)/t17-,23?/m0/s1. The summed E-state index contributed by atoms with van der Waals surface area (Å²) < 4.78 is 35.0. The van der Waals surface area contributed by atoms with E-state index in [9.17, 15) is 13.2 Å². The van der Waals surface area contributed by atoms with Crippen LogP contribution in [0.3, 0.4) is 0 Å². The van der Waals surface area contributed by atoms with E-state index in [1.165, 1.54) is 26.2 Å².